The van der Waals surface area contributed by atoms with Crippen molar-refractivity contribution in [2.45, 2.75) is 321 Å². The van der Waals surface area contributed by atoms with Crippen LogP contribution in [0.1, 0.15) is 321 Å². The fourth-order valence-electron chi connectivity index (χ4n) is 6.64. The average Bonchev–Trinajstić information content (AvgIpc) is 5.00. The summed E-state index contributed by atoms with van der Waals surface area (Å²) in [4.78, 5) is 21.2. The molecule has 836 valence electrons. The second-order valence-corrected chi connectivity index (χ2v) is 26.5. The standard InChI is InChI=1S/C4H9N.C4H8O.C4H8S.2C3H8N2.2C3H7NO.2C3H7NS.2C2H7N3.4C2H6N2O.4C2H6N2S.19C2H6/c3*1-2-4-5-3-1;1-2-5-3-4-1;1-2-4-5-3-1;1-2-5-3-4-1;1-2-4-5-3-1;1-2-5-3-4-1;1-2-4-5-3-1;1-3-2-5-4-1;1-2-4-5-3-1;1-3-4-2-5-1;1-3-2-5-4-1;1-2-5-4-3-1;1-2-4-5-3-1;1-3-4-2-5-1;1-3-2-5-4-1;1-2-5-4-3-1;1-2-4-5-3-1;19*1-2/h5H,1-4H2;2*1-4H2;2*4-5H,1-3H2;4*4H,1-3H2;2*3-5H,1-2H2;8*3-4H,1-2H2;19*1-2H3. The van der Waals surface area contributed by atoms with Crippen molar-refractivity contribution in [2.24, 2.45) is 0 Å². The van der Waals surface area contributed by atoms with Gasteiger partial charge in [0.1, 0.15) is 20.2 Å². The van der Waals surface area contributed by atoms with Crippen LogP contribution in [0.3, 0.4) is 0 Å². The summed E-state index contributed by atoms with van der Waals surface area (Å²) in [5.74, 6) is 11.0. The quantitative estimate of drug-likeness (QED) is 0.100. The largest absolute Gasteiger partial charge is 0.381 e. The van der Waals surface area contributed by atoms with Crippen molar-refractivity contribution < 1.29 is 33.7 Å². The van der Waals surface area contributed by atoms with Gasteiger partial charge in [-0.05, 0) is 82.4 Å². The SMILES string of the molecule is C1CCNC1.C1CCOC1.C1CCSC1.C1CNCN1.C1CNNC1.C1CNNN1.C1CNOC1.C1CNON1.C1CNSC1.C1CNSN1.C1COCN1.C1CONN1.C1CSCN1.C1CSNN1.C1NCNN1.C1NCON1.C1NCSN1.C1NNCO1.C1NNCS1.CC.CC.CC.CC.CC.CC.CC.CC.CC.CC.CC.CC.CC.CC.CC.CC.CC.CC.CC. The van der Waals surface area contributed by atoms with E-state index in [0.29, 0.717) is 20.2 Å². The van der Waals surface area contributed by atoms with Gasteiger partial charge >= 0.3 is 0 Å². The zero-order chi connectivity index (χ0) is 105. The molecule has 19 heterocycles. The molecule has 31 N–H and O–H groups in total. The number of hydroxylamine groups is 4. The van der Waals surface area contributed by atoms with Crippen LogP contribution in [-0.4, -0.2) is 263 Å². The van der Waals surface area contributed by atoms with E-state index < -0.39 is 0 Å². The number of thioether (sulfide) groups is 3. The predicted octanol–water partition coefficient (Wildman–Crippen LogP) is 13.5. The molecule has 19 aliphatic rings. The summed E-state index contributed by atoms with van der Waals surface area (Å²) in [5, 5.41) is 24.6. The first-order valence-corrected chi connectivity index (χ1v) is 59.7. The van der Waals surface area contributed by atoms with E-state index in [9.17, 15) is 0 Å². The molecule has 38 nitrogen and oxygen atoms in total. The number of rotatable bonds is 0. The normalized spacial score (nSPS) is 18.0. The lowest BCUT2D eigenvalue weighted by Crippen LogP contribution is -2.29. The summed E-state index contributed by atoms with van der Waals surface area (Å²) in [5.41, 5.74) is 50.2. The smallest absolute Gasteiger partial charge is 0.119 e. The summed E-state index contributed by atoms with van der Waals surface area (Å²) in [6.45, 7) is 107. The van der Waals surface area contributed by atoms with Gasteiger partial charge in [0.25, 0.3) is 0 Å². The third-order valence-corrected chi connectivity index (χ3v) is 17.2. The molecule has 19 aliphatic heterocycles. The molecule has 0 radical (unpaired) electrons. The minimum absolute atomic E-state index is 0.639. The topological polar surface area (TPSA) is 438 Å². The van der Waals surface area contributed by atoms with Crippen LogP contribution in [0.25, 0.3) is 0 Å². The molecule has 0 bridgehead atoms. The number of hydrazine groups is 8. The molecule has 19 saturated heterocycles. The Bertz CT molecular complexity index is 801. The molecule has 0 aromatic carbocycles. The highest BCUT2D eigenvalue weighted by atomic mass is 32.2. The molecule has 0 spiro atoms. The molecular weight excluding hydrogens is 1830 g/mol. The van der Waals surface area contributed by atoms with Crippen molar-refractivity contribution in [1.82, 2.24) is 164 Å². The van der Waals surface area contributed by atoms with E-state index >= 15 is 0 Å². The molecule has 0 saturated carbocycles. The highest BCUT2D eigenvalue weighted by Gasteiger charge is 2.01. The molecule has 19 rings (SSSR count). The third-order valence-electron chi connectivity index (χ3n) is 11.5. The van der Waals surface area contributed by atoms with Gasteiger partial charge in [0, 0.05) is 160 Å². The minimum atomic E-state index is 0.639. The van der Waals surface area contributed by atoms with Gasteiger partial charge in [0.05, 0.1) is 70.9 Å². The number of hydrogen-bond acceptors (Lipinski definition) is 45. The summed E-state index contributed by atoms with van der Waals surface area (Å²) in [6, 6.07) is 0. The Morgan fingerprint density at radius 2 is 0.744 bits per heavy atom. The Morgan fingerprint density at radius 1 is 0.195 bits per heavy atom. The molecular formula is C88H245N31O7S7. The molecule has 0 aromatic heterocycles. The Kier molecular flexibility index (Phi) is 339. The monoisotopic (exact) mass is 2070 g/mol. The lowest BCUT2D eigenvalue weighted by atomic mass is 10.4. The molecule has 19 fully saturated rings. The summed E-state index contributed by atoms with van der Waals surface area (Å²) in [7, 11) is 0. The molecule has 0 aliphatic carbocycles. The first kappa shape index (κ1) is 179. The van der Waals surface area contributed by atoms with Gasteiger partial charge in [-0.1, -0.05) is 299 Å². The van der Waals surface area contributed by atoms with Gasteiger partial charge in [-0.2, -0.15) is 33.7 Å². The van der Waals surface area contributed by atoms with Crippen LogP contribution < -0.4 is 164 Å². The molecule has 45 heteroatoms. The first-order valence-electron chi connectivity index (χ1n) is 52.5. The number of hydrogen-bond donors (Lipinski definition) is 31. The first-order chi connectivity index (χ1) is 66.5. The zero-order valence-electron chi connectivity index (χ0n) is 94.6. The van der Waals surface area contributed by atoms with Crippen LogP contribution in [0.15, 0.2) is 0 Å². The molecule has 0 amide bonds. The molecule has 133 heavy (non-hydrogen) atoms. The maximum atomic E-state index is 4.94. The maximum absolute atomic E-state index is 4.94. The maximum Gasteiger partial charge on any atom is 0.119 e. The van der Waals surface area contributed by atoms with Crippen molar-refractivity contribution in [3.8, 4) is 0 Å². The van der Waals surface area contributed by atoms with Gasteiger partial charge in [-0.15, -0.1) is 29.1 Å². The van der Waals surface area contributed by atoms with Crippen LogP contribution in [0.5, 0.6) is 0 Å². The molecule has 0 aromatic rings. The highest BCUT2D eigenvalue weighted by Crippen LogP contribution is 2.14. The van der Waals surface area contributed by atoms with Crippen LogP contribution in [0.4, 0.5) is 0 Å². The Balaban J connectivity index is -0.0000000595. The van der Waals surface area contributed by atoms with E-state index in [1.165, 1.54) is 119 Å². The van der Waals surface area contributed by atoms with Crippen LogP contribution >= 0.6 is 83.3 Å². The lowest BCUT2D eigenvalue weighted by Gasteiger charge is -1.82. The van der Waals surface area contributed by atoms with Crippen molar-refractivity contribution in [1.29, 1.82) is 0 Å². The highest BCUT2D eigenvalue weighted by molar-refractivity contribution is 8.00. The minimum Gasteiger partial charge on any atom is -0.381 e. The van der Waals surface area contributed by atoms with E-state index in [1.54, 1.807) is 36.0 Å². The van der Waals surface area contributed by atoms with E-state index in [4.69, 9.17) is 19.0 Å². The fraction of sp³-hybridized carbons (Fsp3) is 1.00. The van der Waals surface area contributed by atoms with Crippen molar-refractivity contribution in [3.05, 3.63) is 0 Å². The van der Waals surface area contributed by atoms with Crippen LogP contribution in [0.2, 0.25) is 0 Å². The van der Waals surface area contributed by atoms with Crippen molar-refractivity contribution >= 4 is 83.3 Å². The predicted molar refractivity (Wildman–Crippen MR) is 615 cm³/mol. The summed E-state index contributed by atoms with van der Waals surface area (Å²) in [6.07, 6.45) is 12.1. The number of nitrogens with one attached hydrogen (secondary N) is 31. The molecule has 0 unspecified atom stereocenters. The average molecular weight is 2070 g/mol. The van der Waals surface area contributed by atoms with E-state index in [1.807, 2.05) is 299 Å². The summed E-state index contributed by atoms with van der Waals surface area (Å²) >= 11 is 12.7. The Hall–Kier alpha value is 0.930. The Labute approximate surface area is 860 Å². The van der Waals surface area contributed by atoms with Gasteiger partial charge in [0.2, 0.25) is 0 Å². The van der Waals surface area contributed by atoms with E-state index in [-0.39, 0.29) is 0 Å². The number of ether oxygens (including phenoxy) is 3. The van der Waals surface area contributed by atoms with Gasteiger partial charge in [0.15, 0.2) is 0 Å². The third kappa shape index (κ3) is 248. The van der Waals surface area contributed by atoms with Crippen LogP contribution in [-0.2, 0) is 33.7 Å². The van der Waals surface area contributed by atoms with Crippen LogP contribution in [0, 0.1) is 0 Å². The van der Waals surface area contributed by atoms with Crippen molar-refractivity contribution in [2.75, 3.05) is 263 Å². The van der Waals surface area contributed by atoms with E-state index in [0.717, 1.165) is 182 Å². The molecule has 0 atom stereocenters. The van der Waals surface area contributed by atoms with Gasteiger partial charge < -0.3 is 40.3 Å². The fourth-order valence-corrected chi connectivity index (χ4v) is 11.1. The Morgan fingerprint density at radius 3 is 0.887 bits per heavy atom. The zero-order valence-corrected chi connectivity index (χ0v) is 100. The van der Waals surface area contributed by atoms with Gasteiger partial charge in [-0.3, -0.25) is 46.5 Å². The van der Waals surface area contributed by atoms with E-state index in [2.05, 4.69) is 191 Å². The van der Waals surface area contributed by atoms with Gasteiger partial charge in [-0.25, -0.2) is 83.7 Å². The second-order valence-electron chi connectivity index (χ2n) is 19.7. The van der Waals surface area contributed by atoms with Crippen molar-refractivity contribution in [3.63, 3.8) is 0 Å². The second kappa shape index (κ2) is 251. The lowest BCUT2D eigenvalue weighted by molar-refractivity contribution is 0.0230. The summed E-state index contributed by atoms with van der Waals surface area (Å²) < 4.78 is 26.7.